The predicted octanol–water partition coefficient (Wildman–Crippen LogP) is 3.56. The zero-order valence-electron chi connectivity index (χ0n) is 6.42. The Kier molecular flexibility index (Phi) is 2.69. The number of hydrogen-bond acceptors (Lipinski definition) is 1. The van der Waals surface area contributed by atoms with E-state index in [2.05, 4.69) is 36.7 Å². The molecule has 0 aliphatic carbocycles. The third-order valence-electron chi connectivity index (χ3n) is 1.51. The maximum absolute atomic E-state index is 2.23. The molecule has 0 amide bonds. The van der Waals surface area contributed by atoms with Gasteiger partial charge in [-0.05, 0) is 35.7 Å². The summed E-state index contributed by atoms with van der Waals surface area (Å²) in [4.78, 5) is 0. The lowest BCUT2D eigenvalue weighted by Gasteiger charge is -1.91. The second-order valence-electron chi connectivity index (χ2n) is 2.40. The lowest BCUT2D eigenvalue weighted by Crippen LogP contribution is -1.69. The fourth-order valence-corrected chi connectivity index (χ4v) is 1.36. The van der Waals surface area contributed by atoms with Gasteiger partial charge in [0.15, 0.2) is 0 Å². The van der Waals surface area contributed by atoms with E-state index in [0.29, 0.717) is 0 Å². The van der Waals surface area contributed by atoms with Crippen LogP contribution in [0.5, 0.6) is 0 Å². The highest BCUT2D eigenvalue weighted by Gasteiger charge is 1.87. The molecule has 1 aromatic rings. The Bertz CT molecular complexity index is 207. The lowest BCUT2D eigenvalue weighted by molar-refractivity contribution is 1.11. The zero-order valence-corrected chi connectivity index (χ0v) is 7.24. The molecule has 0 unspecified atom stereocenters. The van der Waals surface area contributed by atoms with Crippen LogP contribution in [0.1, 0.15) is 25.8 Å². The van der Waals surface area contributed by atoms with Crippen LogP contribution in [0.15, 0.2) is 22.4 Å². The topological polar surface area (TPSA) is 0 Å². The summed E-state index contributed by atoms with van der Waals surface area (Å²) < 4.78 is 0. The van der Waals surface area contributed by atoms with Crippen LogP contribution < -0.4 is 0 Å². The molecule has 0 saturated heterocycles. The van der Waals surface area contributed by atoms with Gasteiger partial charge in [-0.25, -0.2) is 0 Å². The van der Waals surface area contributed by atoms with Crippen LogP contribution >= 0.6 is 11.3 Å². The third kappa shape index (κ3) is 1.99. The normalized spacial score (nSPS) is 12.0. The molecule has 1 heterocycles. The van der Waals surface area contributed by atoms with Gasteiger partial charge >= 0.3 is 0 Å². The number of thiophene rings is 1. The first-order valence-corrected chi connectivity index (χ1v) is 4.46. The van der Waals surface area contributed by atoms with Gasteiger partial charge in [-0.1, -0.05) is 18.6 Å². The molecule has 0 nitrogen and oxygen atoms in total. The van der Waals surface area contributed by atoms with E-state index in [1.54, 1.807) is 11.3 Å². The van der Waals surface area contributed by atoms with E-state index in [4.69, 9.17) is 0 Å². The van der Waals surface area contributed by atoms with Crippen LogP contribution in [-0.2, 0) is 0 Å². The van der Waals surface area contributed by atoms with Crippen molar-refractivity contribution in [2.75, 3.05) is 0 Å². The average Bonchev–Trinajstić information content (AvgIpc) is 2.40. The molecule has 0 bridgehead atoms. The summed E-state index contributed by atoms with van der Waals surface area (Å²) in [6.07, 6.45) is 3.38. The summed E-state index contributed by atoms with van der Waals surface area (Å²) in [5.74, 6) is 0. The molecule has 0 spiro atoms. The largest absolute Gasteiger partial charge is 0.152 e. The van der Waals surface area contributed by atoms with Gasteiger partial charge in [0.05, 0.1) is 0 Å². The number of rotatable bonds is 2. The van der Waals surface area contributed by atoms with Gasteiger partial charge in [0.25, 0.3) is 0 Å². The van der Waals surface area contributed by atoms with Crippen molar-refractivity contribution >= 4 is 17.4 Å². The van der Waals surface area contributed by atoms with Crippen LogP contribution in [0.2, 0.25) is 0 Å². The third-order valence-corrected chi connectivity index (χ3v) is 2.22. The summed E-state index contributed by atoms with van der Waals surface area (Å²) in [6.45, 7) is 4.34. The summed E-state index contributed by atoms with van der Waals surface area (Å²) in [7, 11) is 0. The molecule has 54 valence electrons. The first-order chi connectivity index (χ1) is 4.83. The lowest BCUT2D eigenvalue weighted by atomic mass is 10.2. The second-order valence-corrected chi connectivity index (χ2v) is 3.18. The van der Waals surface area contributed by atoms with Crippen molar-refractivity contribution in [3.8, 4) is 0 Å². The van der Waals surface area contributed by atoms with Gasteiger partial charge in [-0.15, -0.1) is 0 Å². The van der Waals surface area contributed by atoms with E-state index in [0.717, 1.165) is 6.42 Å². The van der Waals surface area contributed by atoms with Crippen molar-refractivity contribution in [1.82, 2.24) is 0 Å². The van der Waals surface area contributed by atoms with Crippen molar-refractivity contribution < 1.29 is 0 Å². The summed E-state index contributed by atoms with van der Waals surface area (Å²) >= 11 is 1.75. The van der Waals surface area contributed by atoms with E-state index < -0.39 is 0 Å². The molecular formula is C9H12S. The highest BCUT2D eigenvalue weighted by Crippen LogP contribution is 2.11. The first kappa shape index (κ1) is 7.55. The van der Waals surface area contributed by atoms with Gasteiger partial charge < -0.3 is 0 Å². The smallest absolute Gasteiger partial charge is 0.00208 e. The molecule has 1 aromatic heterocycles. The minimum absolute atomic E-state index is 1.15. The average molecular weight is 152 g/mol. The van der Waals surface area contributed by atoms with Crippen molar-refractivity contribution in [3.05, 3.63) is 28.0 Å². The zero-order chi connectivity index (χ0) is 7.40. The van der Waals surface area contributed by atoms with Crippen molar-refractivity contribution in [3.63, 3.8) is 0 Å². The molecule has 1 rings (SSSR count). The Hall–Kier alpha value is -0.560. The molecule has 0 aromatic carbocycles. The van der Waals surface area contributed by atoms with Crippen LogP contribution in [0.3, 0.4) is 0 Å². The number of allylic oxidation sites excluding steroid dienone is 1. The maximum Gasteiger partial charge on any atom is -0.00208 e. The molecule has 10 heavy (non-hydrogen) atoms. The fraction of sp³-hybridized carbons (Fsp3) is 0.333. The Morgan fingerprint density at radius 2 is 2.50 bits per heavy atom. The molecular weight excluding hydrogens is 140 g/mol. The van der Waals surface area contributed by atoms with Gasteiger partial charge in [-0.2, -0.15) is 11.3 Å². The van der Waals surface area contributed by atoms with E-state index in [9.17, 15) is 0 Å². The maximum atomic E-state index is 2.23. The van der Waals surface area contributed by atoms with Gasteiger partial charge in [0.1, 0.15) is 0 Å². The molecule has 1 heteroatoms. The summed E-state index contributed by atoms with van der Waals surface area (Å²) in [5.41, 5.74) is 2.78. The summed E-state index contributed by atoms with van der Waals surface area (Å²) in [5, 5.41) is 4.27. The van der Waals surface area contributed by atoms with Gasteiger partial charge in [-0.3, -0.25) is 0 Å². The highest BCUT2D eigenvalue weighted by atomic mass is 32.1. The van der Waals surface area contributed by atoms with E-state index in [1.165, 1.54) is 11.1 Å². The Morgan fingerprint density at radius 3 is 3.00 bits per heavy atom. The van der Waals surface area contributed by atoms with Crippen LogP contribution in [-0.4, -0.2) is 0 Å². The second kappa shape index (κ2) is 3.57. The molecule has 0 aliphatic rings. The van der Waals surface area contributed by atoms with Crippen LogP contribution in [0.25, 0.3) is 6.08 Å². The molecule has 0 atom stereocenters. The van der Waals surface area contributed by atoms with Gasteiger partial charge in [0.2, 0.25) is 0 Å². The standard InChI is InChI=1S/C9H12S/c1-3-8(2)6-9-4-5-10-7-9/h4-7H,3H2,1-2H3/b8-6+. The minimum atomic E-state index is 1.15. The Balaban J connectivity index is 2.71. The van der Waals surface area contributed by atoms with E-state index >= 15 is 0 Å². The number of hydrogen-bond donors (Lipinski definition) is 0. The Morgan fingerprint density at radius 1 is 1.70 bits per heavy atom. The SMILES string of the molecule is CC/C(C)=C/c1ccsc1. The molecule has 0 radical (unpaired) electrons. The van der Waals surface area contributed by atoms with Crippen molar-refractivity contribution in [2.45, 2.75) is 20.3 Å². The highest BCUT2D eigenvalue weighted by molar-refractivity contribution is 7.08. The molecule has 0 fully saturated rings. The predicted molar refractivity (Wildman–Crippen MR) is 48.3 cm³/mol. The van der Waals surface area contributed by atoms with E-state index in [-0.39, 0.29) is 0 Å². The minimum Gasteiger partial charge on any atom is -0.152 e. The summed E-state index contributed by atoms with van der Waals surface area (Å²) in [6, 6.07) is 2.14. The van der Waals surface area contributed by atoms with Crippen molar-refractivity contribution in [1.29, 1.82) is 0 Å². The quantitative estimate of drug-likeness (QED) is 0.608. The van der Waals surface area contributed by atoms with Gasteiger partial charge in [0, 0.05) is 0 Å². The van der Waals surface area contributed by atoms with E-state index in [1.807, 2.05) is 0 Å². The van der Waals surface area contributed by atoms with Crippen LogP contribution in [0, 0.1) is 0 Å². The monoisotopic (exact) mass is 152 g/mol. The van der Waals surface area contributed by atoms with Crippen LogP contribution in [0.4, 0.5) is 0 Å². The molecule has 0 aliphatic heterocycles. The van der Waals surface area contributed by atoms with Crippen molar-refractivity contribution in [2.24, 2.45) is 0 Å². The molecule has 0 saturated carbocycles. The molecule has 0 N–H and O–H groups in total. The fourth-order valence-electron chi connectivity index (χ4n) is 0.744. The Labute approximate surface area is 66.2 Å². The first-order valence-electron chi connectivity index (χ1n) is 3.52.